The molecule has 2 aromatic carbocycles. The molecule has 3 aromatic rings. The van der Waals surface area contributed by atoms with Crippen molar-refractivity contribution in [1.82, 2.24) is 9.78 Å². The van der Waals surface area contributed by atoms with Crippen LogP contribution in [-0.4, -0.2) is 15.5 Å². The SMILES string of the molecule is Cn1cc(C(=N)c2cc(N)ccc2N)cn1.N#Cc1ccc2c(c1)CCCC2. The minimum Gasteiger partial charge on any atom is -0.399 e. The molecule has 0 saturated heterocycles. The van der Waals surface area contributed by atoms with Crippen LogP contribution in [0.1, 0.15) is 40.7 Å². The van der Waals surface area contributed by atoms with E-state index in [2.05, 4.69) is 17.2 Å². The molecular formula is C22H24N6. The zero-order chi connectivity index (χ0) is 20.1. The van der Waals surface area contributed by atoms with E-state index in [0.29, 0.717) is 22.6 Å². The van der Waals surface area contributed by atoms with E-state index in [4.69, 9.17) is 22.1 Å². The van der Waals surface area contributed by atoms with Gasteiger partial charge in [-0.2, -0.15) is 10.4 Å². The molecule has 1 heterocycles. The van der Waals surface area contributed by atoms with Gasteiger partial charge in [-0.1, -0.05) is 6.07 Å². The van der Waals surface area contributed by atoms with Crippen molar-refractivity contribution in [3.63, 3.8) is 0 Å². The van der Waals surface area contributed by atoms with Crippen molar-refractivity contribution < 1.29 is 0 Å². The van der Waals surface area contributed by atoms with E-state index in [1.165, 1.54) is 30.4 Å². The summed E-state index contributed by atoms with van der Waals surface area (Å²) in [7, 11) is 1.81. The third-order valence-corrected chi connectivity index (χ3v) is 4.82. The molecule has 0 fully saturated rings. The zero-order valence-electron chi connectivity index (χ0n) is 15.9. The summed E-state index contributed by atoms with van der Waals surface area (Å²) < 4.78 is 1.65. The van der Waals surface area contributed by atoms with Crippen LogP contribution in [-0.2, 0) is 19.9 Å². The number of rotatable bonds is 2. The molecular weight excluding hydrogens is 348 g/mol. The van der Waals surface area contributed by atoms with E-state index >= 15 is 0 Å². The number of hydrogen-bond donors (Lipinski definition) is 3. The number of nitrogen functional groups attached to an aromatic ring is 2. The number of fused-ring (bicyclic) bond motifs is 1. The van der Waals surface area contributed by atoms with Gasteiger partial charge in [0.05, 0.1) is 23.5 Å². The molecule has 0 unspecified atom stereocenters. The fraction of sp³-hybridized carbons (Fsp3) is 0.227. The largest absolute Gasteiger partial charge is 0.399 e. The highest BCUT2D eigenvalue weighted by Crippen LogP contribution is 2.22. The molecule has 1 aromatic heterocycles. The smallest absolute Gasteiger partial charge is 0.0991 e. The van der Waals surface area contributed by atoms with Crippen molar-refractivity contribution in [2.45, 2.75) is 25.7 Å². The Kier molecular flexibility index (Phi) is 5.75. The quantitative estimate of drug-likeness (QED) is 0.472. The van der Waals surface area contributed by atoms with Crippen LogP contribution in [0.15, 0.2) is 48.8 Å². The summed E-state index contributed by atoms with van der Waals surface area (Å²) in [5, 5.41) is 20.7. The number of benzene rings is 2. The van der Waals surface area contributed by atoms with Crippen molar-refractivity contribution in [1.29, 1.82) is 10.7 Å². The van der Waals surface area contributed by atoms with Crippen LogP contribution in [0.25, 0.3) is 0 Å². The van der Waals surface area contributed by atoms with Gasteiger partial charge in [-0.05, 0) is 67.1 Å². The van der Waals surface area contributed by atoms with E-state index < -0.39 is 0 Å². The third-order valence-electron chi connectivity index (χ3n) is 4.82. The Hall–Kier alpha value is -3.59. The first kappa shape index (κ1) is 19.2. The maximum absolute atomic E-state index is 8.69. The molecule has 1 aliphatic rings. The van der Waals surface area contributed by atoms with Crippen LogP contribution < -0.4 is 11.5 Å². The number of hydrogen-bond acceptors (Lipinski definition) is 5. The topological polar surface area (TPSA) is 118 Å². The van der Waals surface area contributed by atoms with Crippen LogP contribution in [0.5, 0.6) is 0 Å². The van der Waals surface area contributed by atoms with Gasteiger partial charge in [0.1, 0.15) is 0 Å². The highest BCUT2D eigenvalue weighted by Gasteiger charge is 2.10. The number of anilines is 2. The van der Waals surface area contributed by atoms with Crippen LogP contribution in [0.2, 0.25) is 0 Å². The van der Waals surface area contributed by atoms with Gasteiger partial charge >= 0.3 is 0 Å². The van der Waals surface area contributed by atoms with E-state index in [1.807, 2.05) is 12.1 Å². The third kappa shape index (κ3) is 4.38. The van der Waals surface area contributed by atoms with Crippen LogP contribution in [0.4, 0.5) is 11.4 Å². The number of aryl methyl sites for hydroxylation is 3. The molecule has 0 bridgehead atoms. The lowest BCUT2D eigenvalue weighted by molar-refractivity contribution is 0.685. The van der Waals surface area contributed by atoms with Crippen LogP contribution >= 0.6 is 0 Å². The van der Waals surface area contributed by atoms with E-state index in [1.54, 1.807) is 42.3 Å². The van der Waals surface area contributed by atoms with Crippen LogP contribution in [0, 0.1) is 16.7 Å². The average Bonchev–Trinajstić information content (AvgIpc) is 3.15. The highest BCUT2D eigenvalue weighted by atomic mass is 15.2. The number of aromatic nitrogens is 2. The molecule has 142 valence electrons. The summed E-state index contributed by atoms with van der Waals surface area (Å²) >= 11 is 0. The van der Waals surface area contributed by atoms with Crippen molar-refractivity contribution in [3.05, 3.63) is 76.6 Å². The Labute approximate surface area is 164 Å². The molecule has 6 heteroatoms. The molecule has 1 aliphatic carbocycles. The minimum atomic E-state index is 0.331. The molecule has 0 aliphatic heterocycles. The Balaban J connectivity index is 0.000000167. The van der Waals surface area contributed by atoms with Gasteiger partial charge in [-0.3, -0.25) is 10.1 Å². The monoisotopic (exact) mass is 372 g/mol. The van der Waals surface area contributed by atoms with E-state index in [9.17, 15) is 0 Å². The summed E-state index contributed by atoms with van der Waals surface area (Å²) in [4.78, 5) is 0. The molecule has 4 rings (SSSR count). The molecule has 0 spiro atoms. The molecule has 6 nitrogen and oxygen atoms in total. The molecule has 0 atom stereocenters. The van der Waals surface area contributed by atoms with Gasteiger partial charge < -0.3 is 11.5 Å². The second kappa shape index (κ2) is 8.40. The average molecular weight is 372 g/mol. The summed E-state index contributed by atoms with van der Waals surface area (Å²) in [6.45, 7) is 0. The first-order valence-electron chi connectivity index (χ1n) is 9.23. The molecule has 0 saturated carbocycles. The Morgan fingerprint density at radius 2 is 1.86 bits per heavy atom. The summed E-state index contributed by atoms with van der Waals surface area (Å²) in [5.41, 5.74) is 17.9. The first-order valence-corrected chi connectivity index (χ1v) is 9.23. The molecule has 0 amide bonds. The summed E-state index contributed by atoms with van der Waals surface area (Å²) in [5.74, 6) is 0. The summed E-state index contributed by atoms with van der Waals surface area (Å²) in [6.07, 6.45) is 8.34. The fourth-order valence-electron chi connectivity index (χ4n) is 3.30. The zero-order valence-corrected chi connectivity index (χ0v) is 15.9. The summed E-state index contributed by atoms with van der Waals surface area (Å²) in [6, 6.07) is 13.4. The number of nitrogens with zero attached hydrogens (tertiary/aromatic N) is 3. The number of nitriles is 1. The number of nitrogens with one attached hydrogen (secondary N) is 1. The number of nitrogens with two attached hydrogens (primary N) is 2. The second-order valence-corrected chi connectivity index (χ2v) is 6.93. The second-order valence-electron chi connectivity index (χ2n) is 6.93. The lowest BCUT2D eigenvalue weighted by Crippen LogP contribution is -2.05. The minimum absolute atomic E-state index is 0.331. The van der Waals surface area contributed by atoms with Crippen LogP contribution in [0.3, 0.4) is 0 Å². The first-order chi connectivity index (χ1) is 13.5. The standard InChI is InChI=1S/C11H13N5.C11H11N/c1-16-6-7(5-15-16)11(14)9-4-8(12)2-3-10(9)13;12-8-9-5-6-10-3-1-2-4-11(10)7-9/h2-6,14H,12-13H2,1H3;5-7H,1-4H2. The Morgan fingerprint density at radius 1 is 1.11 bits per heavy atom. The van der Waals surface area contributed by atoms with Gasteiger partial charge in [0.15, 0.2) is 0 Å². The van der Waals surface area contributed by atoms with Gasteiger partial charge in [0.25, 0.3) is 0 Å². The van der Waals surface area contributed by atoms with Gasteiger partial charge in [-0.25, -0.2) is 0 Å². The van der Waals surface area contributed by atoms with Gasteiger partial charge in [0, 0.05) is 35.7 Å². The van der Waals surface area contributed by atoms with Crippen molar-refractivity contribution in [2.24, 2.45) is 7.05 Å². The molecule has 28 heavy (non-hydrogen) atoms. The lowest BCUT2D eigenvalue weighted by Gasteiger charge is -2.14. The maximum Gasteiger partial charge on any atom is 0.0991 e. The van der Waals surface area contributed by atoms with Crippen molar-refractivity contribution in [2.75, 3.05) is 11.5 Å². The van der Waals surface area contributed by atoms with Gasteiger partial charge in [-0.15, -0.1) is 0 Å². The maximum atomic E-state index is 8.69. The van der Waals surface area contributed by atoms with Gasteiger partial charge in [0.2, 0.25) is 0 Å². The lowest BCUT2D eigenvalue weighted by atomic mass is 9.91. The predicted octanol–water partition coefficient (Wildman–Crippen LogP) is 3.44. The fourth-order valence-corrected chi connectivity index (χ4v) is 3.30. The van der Waals surface area contributed by atoms with E-state index in [-0.39, 0.29) is 0 Å². The highest BCUT2D eigenvalue weighted by molar-refractivity contribution is 6.14. The normalized spacial score (nSPS) is 12.3. The van der Waals surface area contributed by atoms with E-state index in [0.717, 1.165) is 17.5 Å². The Morgan fingerprint density at radius 3 is 2.54 bits per heavy atom. The van der Waals surface area contributed by atoms with Crippen molar-refractivity contribution in [3.8, 4) is 6.07 Å². The molecule has 5 N–H and O–H groups in total. The molecule has 0 radical (unpaired) electrons. The van der Waals surface area contributed by atoms with Crippen molar-refractivity contribution >= 4 is 17.1 Å². The Bertz CT molecular complexity index is 1040. The predicted molar refractivity (Wildman–Crippen MR) is 112 cm³/mol.